The zero-order valence-electron chi connectivity index (χ0n) is 32.8. The Morgan fingerprint density at radius 2 is 1.35 bits per heavy atom. The first-order chi connectivity index (χ1) is 26.6. The molecule has 2 fully saturated rings. The Morgan fingerprint density at radius 3 is 1.91 bits per heavy atom. The van der Waals surface area contributed by atoms with Crippen molar-refractivity contribution in [2.75, 3.05) is 13.2 Å². The van der Waals surface area contributed by atoms with Gasteiger partial charge in [0.2, 0.25) is 0 Å². The molecular formula is C47H58F2N2O4. The van der Waals surface area contributed by atoms with Crippen LogP contribution in [0.15, 0.2) is 109 Å². The van der Waals surface area contributed by atoms with E-state index in [4.69, 9.17) is 14.2 Å². The van der Waals surface area contributed by atoms with Gasteiger partial charge < -0.3 is 14.2 Å². The number of benzene rings is 4. The molecule has 4 aromatic rings. The normalized spacial score (nSPS) is 19.3. The fourth-order valence-electron chi connectivity index (χ4n) is 8.20. The molecule has 1 saturated heterocycles. The minimum atomic E-state index is -0.719. The highest BCUT2D eigenvalue weighted by atomic mass is 19.1. The van der Waals surface area contributed by atoms with Gasteiger partial charge in [0.15, 0.2) is 0 Å². The molecule has 2 aliphatic rings. The van der Waals surface area contributed by atoms with Crippen molar-refractivity contribution in [3.63, 3.8) is 0 Å². The molecule has 0 spiro atoms. The van der Waals surface area contributed by atoms with E-state index >= 15 is 0 Å². The molecule has 1 amide bonds. The van der Waals surface area contributed by atoms with Gasteiger partial charge in [-0.25, -0.2) is 13.6 Å². The van der Waals surface area contributed by atoms with E-state index in [0.29, 0.717) is 31.1 Å². The van der Waals surface area contributed by atoms with Gasteiger partial charge in [-0.2, -0.15) is 0 Å². The highest BCUT2D eigenvalue weighted by Crippen LogP contribution is 2.32. The summed E-state index contributed by atoms with van der Waals surface area (Å²) in [5.74, 6) is -0.580. The number of carbonyl (C=O) groups is 1. The molecule has 1 saturated carbocycles. The van der Waals surface area contributed by atoms with Crippen LogP contribution in [-0.4, -0.2) is 58.9 Å². The molecule has 8 heteroatoms. The first-order valence-electron chi connectivity index (χ1n) is 20.1. The van der Waals surface area contributed by atoms with Crippen LogP contribution in [0.2, 0.25) is 0 Å². The Hall–Kier alpha value is -4.11. The van der Waals surface area contributed by atoms with Crippen molar-refractivity contribution in [3.05, 3.63) is 143 Å². The lowest BCUT2D eigenvalue weighted by atomic mass is 9.85. The van der Waals surface area contributed by atoms with Crippen molar-refractivity contribution in [3.8, 4) is 0 Å². The summed E-state index contributed by atoms with van der Waals surface area (Å²) >= 11 is 0. The molecule has 0 bridgehead atoms. The minimum absolute atomic E-state index is 0.138. The largest absolute Gasteiger partial charge is 0.444 e. The number of hydrogen-bond acceptors (Lipinski definition) is 5. The number of halogens is 2. The van der Waals surface area contributed by atoms with Crippen molar-refractivity contribution in [2.45, 2.75) is 122 Å². The average molecular weight is 753 g/mol. The fourth-order valence-corrected chi connectivity index (χ4v) is 8.20. The summed E-state index contributed by atoms with van der Waals surface area (Å²) in [6.45, 7) is 7.60. The lowest BCUT2D eigenvalue weighted by Crippen LogP contribution is -2.63. The van der Waals surface area contributed by atoms with Crippen LogP contribution in [0.4, 0.5) is 13.6 Å². The fraction of sp³-hybridized carbons (Fsp3) is 0.468. The quantitative estimate of drug-likeness (QED) is 0.121. The summed E-state index contributed by atoms with van der Waals surface area (Å²) in [6.07, 6.45) is 7.37. The first-order valence-corrected chi connectivity index (χ1v) is 20.1. The predicted molar refractivity (Wildman–Crippen MR) is 213 cm³/mol. The summed E-state index contributed by atoms with van der Waals surface area (Å²) in [5.41, 5.74) is 2.94. The maximum atomic E-state index is 14.9. The van der Waals surface area contributed by atoms with E-state index < -0.39 is 41.5 Å². The zero-order valence-corrected chi connectivity index (χ0v) is 32.8. The van der Waals surface area contributed by atoms with E-state index in [-0.39, 0.29) is 25.7 Å². The van der Waals surface area contributed by atoms with Crippen LogP contribution in [0.3, 0.4) is 0 Å². The van der Waals surface area contributed by atoms with Gasteiger partial charge in [0.05, 0.1) is 38.0 Å². The molecule has 0 radical (unpaired) electrons. The lowest BCUT2D eigenvalue weighted by molar-refractivity contribution is -0.137. The number of nitrogens with zero attached hydrogens (tertiary/aromatic N) is 2. The third-order valence-electron chi connectivity index (χ3n) is 10.9. The van der Waals surface area contributed by atoms with E-state index in [2.05, 4.69) is 29.2 Å². The van der Waals surface area contributed by atoms with Gasteiger partial charge in [0.25, 0.3) is 0 Å². The number of amides is 1. The third kappa shape index (κ3) is 12.4. The smallest absolute Gasteiger partial charge is 0.410 e. The van der Waals surface area contributed by atoms with Crippen LogP contribution in [-0.2, 0) is 40.3 Å². The molecule has 6 nitrogen and oxygen atoms in total. The second-order valence-corrected chi connectivity index (χ2v) is 16.4. The Morgan fingerprint density at radius 1 is 0.782 bits per heavy atom. The lowest BCUT2D eigenvalue weighted by Gasteiger charge is -2.47. The van der Waals surface area contributed by atoms with Crippen LogP contribution in [0.5, 0.6) is 0 Å². The Balaban J connectivity index is 1.42. The molecule has 0 N–H and O–H groups in total. The second-order valence-electron chi connectivity index (χ2n) is 16.4. The summed E-state index contributed by atoms with van der Waals surface area (Å²) in [4.78, 5) is 18.5. The molecule has 1 unspecified atom stereocenters. The number of ether oxygens (including phenoxy) is 3. The van der Waals surface area contributed by atoms with Gasteiger partial charge in [-0.15, -0.1) is 0 Å². The third-order valence-corrected chi connectivity index (χ3v) is 10.9. The number of carbonyl (C=O) groups excluding carboxylic acids is 1. The molecular weight excluding hydrogens is 695 g/mol. The average Bonchev–Trinajstić information content (AvgIpc) is 3.17. The molecule has 4 atom stereocenters. The standard InChI is InChI=1S/C47H58F2N2O4/c1-47(2,3)55-46(52)51-32-42(25-24-35-16-8-4-9-17-35)53-34-44(51)45(54-33-38-22-14-7-15-23-38)43(28-39-26-40(48)29-41(49)27-39)50(30-36-18-10-5-11-19-36)31-37-20-12-6-13-21-37/h5-7,10-15,18-23,26-27,29,35,42-45H,4,8-9,16-17,24-25,28,30-34H2,1-3H3/t42-,43-,44+,45?/m0/s1. The van der Waals surface area contributed by atoms with Gasteiger partial charge in [0.1, 0.15) is 17.2 Å². The SMILES string of the molecule is CC(C)(C)OC(=O)N1C[C@H](CCC2CCCCC2)OC[C@@H]1C(OCc1ccccc1)[C@H](Cc1cc(F)cc(F)c1)N(Cc1ccccc1)Cc1ccccc1. The molecule has 4 aromatic carbocycles. The Bertz CT molecular complexity index is 1690. The van der Waals surface area contributed by atoms with Gasteiger partial charge in [-0.3, -0.25) is 9.80 Å². The molecule has 1 aliphatic heterocycles. The van der Waals surface area contributed by atoms with Crippen molar-refractivity contribution >= 4 is 6.09 Å². The van der Waals surface area contributed by atoms with Crippen LogP contribution in [0, 0.1) is 17.6 Å². The number of rotatable bonds is 15. The molecule has 1 aliphatic carbocycles. The monoisotopic (exact) mass is 752 g/mol. The maximum Gasteiger partial charge on any atom is 0.410 e. The van der Waals surface area contributed by atoms with E-state index in [1.54, 1.807) is 0 Å². The minimum Gasteiger partial charge on any atom is -0.444 e. The molecule has 0 aromatic heterocycles. The Kier molecular flexibility index (Phi) is 14.5. The van der Waals surface area contributed by atoms with Crippen molar-refractivity contribution < 1.29 is 27.8 Å². The number of hydrogen-bond donors (Lipinski definition) is 0. The summed E-state index contributed by atoms with van der Waals surface area (Å²) in [6, 6.07) is 33.1. The Labute approximate surface area is 326 Å². The van der Waals surface area contributed by atoms with Crippen LogP contribution in [0.1, 0.15) is 88.0 Å². The summed E-state index contributed by atoms with van der Waals surface area (Å²) in [5, 5.41) is 0. The zero-order chi connectivity index (χ0) is 38.6. The molecule has 6 rings (SSSR count). The van der Waals surface area contributed by atoms with Crippen molar-refractivity contribution in [2.24, 2.45) is 5.92 Å². The van der Waals surface area contributed by atoms with E-state index in [1.165, 1.54) is 44.2 Å². The molecule has 1 heterocycles. The molecule has 55 heavy (non-hydrogen) atoms. The van der Waals surface area contributed by atoms with E-state index in [0.717, 1.165) is 35.6 Å². The van der Waals surface area contributed by atoms with E-state index in [1.807, 2.05) is 92.4 Å². The highest BCUT2D eigenvalue weighted by Gasteiger charge is 2.44. The van der Waals surface area contributed by atoms with Gasteiger partial charge in [-0.1, -0.05) is 123 Å². The van der Waals surface area contributed by atoms with Gasteiger partial charge in [0, 0.05) is 25.2 Å². The van der Waals surface area contributed by atoms with Gasteiger partial charge >= 0.3 is 6.09 Å². The number of morpholine rings is 1. The van der Waals surface area contributed by atoms with Crippen LogP contribution in [0.25, 0.3) is 0 Å². The highest BCUT2D eigenvalue weighted by molar-refractivity contribution is 5.69. The van der Waals surface area contributed by atoms with Crippen molar-refractivity contribution in [1.29, 1.82) is 0 Å². The molecule has 294 valence electrons. The predicted octanol–water partition coefficient (Wildman–Crippen LogP) is 10.5. The topological polar surface area (TPSA) is 51.2 Å². The summed E-state index contributed by atoms with van der Waals surface area (Å²) in [7, 11) is 0. The summed E-state index contributed by atoms with van der Waals surface area (Å²) < 4.78 is 49.7. The van der Waals surface area contributed by atoms with Crippen LogP contribution >= 0.6 is 0 Å². The van der Waals surface area contributed by atoms with E-state index in [9.17, 15) is 13.6 Å². The maximum absolute atomic E-state index is 14.9. The van der Waals surface area contributed by atoms with Crippen LogP contribution < -0.4 is 0 Å². The van der Waals surface area contributed by atoms with Crippen molar-refractivity contribution in [1.82, 2.24) is 9.80 Å². The first kappa shape index (κ1) is 40.6. The van der Waals surface area contributed by atoms with Gasteiger partial charge in [-0.05, 0) is 80.3 Å². The second kappa shape index (κ2) is 19.7.